The van der Waals surface area contributed by atoms with E-state index in [1.807, 2.05) is 0 Å². The third-order valence-corrected chi connectivity index (χ3v) is 0. The van der Waals surface area contributed by atoms with Crippen molar-refractivity contribution in [3.05, 3.63) is 0 Å². The largest absolute Gasteiger partial charge is 0 e. The molecule has 0 aliphatic rings. The van der Waals surface area contributed by atoms with Crippen molar-refractivity contribution in [1.29, 1.82) is 0 Å². The van der Waals surface area contributed by atoms with Gasteiger partial charge in [-0.15, -0.1) is 0 Å². The summed E-state index contributed by atoms with van der Waals surface area (Å²) in [6.45, 7) is 0. The zero-order valence-corrected chi connectivity index (χ0v) is 9.20. The van der Waals surface area contributed by atoms with E-state index in [1.54, 1.807) is 0 Å². The standard InChI is InChI=1S/Co.Cr.Ni.Si.W. The Kier molecular flexibility index (Phi) is 332. The summed E-state index contributed by atoms with van der Waals surface area (Å²) in [6, 6.07) is 0. The molecule has 0 heterocycles. The molecule has 35 valence electrons. The second kappa shape index (κ2) is 32.0. The first-order valence-electron chi connectivity index (χ1n) is 0. The molecule has 0 spiro atoms. The Hall–Kier alpha value is 2.44. The molecular weight excluding hydrogens is 382 g/mol. The van der Waals surface area contributed by atoms with Crippen molar-refractivity contribution >= 4 is 11.0 Å². The van der Waals surface area contributed by atoms with Crippen LogP contribution < -0.4 is 0 Å². The molecule has 0 nitrogen and oxygen atoms in total. The summed E-state index contributed by atoms with van der Waals surface area (Å²) in [7, 11) is 0. The van der Waals surface area contributed by atoms with Crippen molar-refractivity contribution in [1.82, 2.24) is 0 Å². The molecule has 0 aliphatic heterocycles. The predicted octanol–water partition coefficient (Wildman–Crippen LogP) is -0.391. The minimum atomic E-state index is 0. The molecule has 0 aromatic rings. The van der Waals surface area contributed by atoms with Gasteiger partial charge in [-0.3, -0.25) is 0 Å². The normalized spacial score (nSPS) is 0. The fraction of sp³-hybridized carbons (Fsp3) is 0. The smallest absolute Gasteiger partial charge is 0 e. The van der Waals surface area contributed by atoms with Crippen molar-refractivity contribution in [3.8, 4) is 0 Å². The SMILES string of the molecule is [Co].[Cr].[Ni].[Si].[W]. The Morgan fingerprint density at radius 1 is 1.00 bits per heavy atom. The Labute approximate surface area is 81.8 Å². The van der Waals surface area contributed by atoms with Gasteiger partial charge in [-0.1, -0.05) is 0 Å². The van der Waals surface area contributed by atoms with Crippen LogP contribution in [0.5, 0.6) is 0 Å². The second-order valence-electron chi connectivity index (χ2n) is 0. The van der Waals surface area contributed by atoms with E-state index in [0.717, 1.165) is 0 Å². The number of rotatable bonds is 0. The van der Waals surface area contributed by atoms with Crippen molar-refractivity contribution in [2.24, 2.45) is 0 Å². The first kappa shape index (κ1) is 51.9. The van der Waals surface area contributed by atoms with Gasteiger partial charge in [-0.2, -0.15) is 0 Å². The van der Waals surface area contributed by atoms with Gasteiger partial charge in [-0.05, 0) is 0 Å². The topological polar surface area (TPSA) is 0 Å². The van der Waals surface area contributed by atoms with Gasteiger partial charge in [0.05, 0.1) is 0 Å². The Morgan fingerprint density at radius 3 is 1.00 bits per heavy atom. The van der Waals surface area contributed by atoms with Crippen LogP contribution in [-0.4, -0.2) is 11.0 Å². The maximum atomic E-state index is 0. The molecule has 0 atom stereocenters. The van der Waals surface area contributed by atoms with Crippen LogP contribution in [0.1, 0.15) is 0 Å². The molecule has 5 heteroatoms. The molecule has 0 aromatic heterocycles. The van der Waals surface area contributed by atoms with Crippen LogP contribution >= 0.6 is 0 Å². The fourth-order valence-corrected chi connectivity index (χ4v) is 0. The number of hydrogen-bond acceptors (Lipinski definition) is 0. The van der Waals surface area contributed by atoms with Crippen molar-refractivity contribution in [3.63, 3.8) is 0 Å². The van der Waals surface area contributed by atoms with E-state index < -0.39 is 0 Å². The van der Waals surface area contributed by atoms with E-state index in [0.29, 0.717) is 0 Å². The third-order valence-electron chi connectivity index (χ3n) is 0. The third kappa shape index (κ3) is 21.3. The van der Waals surface area contributed by atoms with Crippen LogP contribution in [0.2, 0.25) is 0 Å². The monoisotopic (exact) mass is 381 g/mol. The molecule has 0 fully saturated rings. The predicted molar refractivity (Wildman–Crippen MR) is 5.75 cm³/mol. The maximum Gasteiger partial charge on any atom is 0 e. The van der Waals surface area contributed by atoms with E-state index in [4.69, 9.17) is 0 Å². The van der Waals surface area contributed by atoms with E-state index in [1.165, 1.54) is 0 Å². The molecule has 5 heavy (non-hydrogen) atoms. The van der Waals surface area contributed by atoms with Crippen LogP contribution in [0.25, 0.3) is 0 Å². The summed E-state index contributed by atoms with van der Waals surface area (Å²) in [6.07, 6.45) is 0. The van der Waals surface area contributed by atoms with Gasteiger partial charge < -0.3 is 0 Å². The van der Waals surface area contributed by atoms with Crippen LogP contribution in [0.3, 0.4) is 0 Å². The van der Waals surface area contributed by atoms with E-state index in [9.17, 15) is 0 Å². The van der Waals surface area contributed by atoms with Gasteiger partial charge in [0.15, 0.2) is 0 Å². The summed E-state index contributed by atoms with van der Waals surface area (Å²) in [5, 5.41) is 0. The molecule has 0 bridgehead atoms. The van der Waals surface area contributed by atoms with Crippen LogP contribution in [0.15, 0.2) is 0 Å². The minimum Gasteiger partial charge on any atom is 0 e. The number of hydrogen-bond donors (Lipinski definition) is 0. The Morgan fingerprint density at radius 2 is 1.00 bits per heavy atom. The average Bonchev–Trinajstić information content (AvgIpc) is 0. The molecule has 0 saturated heterocycles. The summed E-state index contributed by atoms with van der Waals surface area (Å²) < 4.78 is 0. The van der Waals surface area contributed by atoms with E-state index >= 15 is 0 Å². The summed E-state index contributed by atoms with van der Waals surface area (Å²) >= 11 is 0. The van der Waals surface area contributed by atoms with E-state index in [-0.39, 0.29) is 82.7 Å². The van der Waals surface area contributed by atoms with Crippen molar-refractivity contribution in [2.75, 3.05) is 0 Å². The second-order valence-corrected chi connectivity index (χ2v) is 0. The summed E-state index contributed by atoms with van der Waals surface area (Å²) in [5.74, 6) is 0. The molecule has 0 aromatic carbocycles. The molecular formula is CoCrNiSiW. The molecule has 0 N–H and O–H groups in total. The first-order chi connectivity index (χ1) is 0. The molecule has 5 radical (unpaired) electrons. The van der Waals surface area contributed by atoms with Crippen molar-refractivity contribution in [2.45, 2.75) is 0 Å². The fourth-order valence-electron chi connectivity index (χ4n) is 0. The molecule has 0 aliphatic carbocycles. The van der Waals surface area contributed by atoms with Gasteiger partial charge in [0, 0.05) is 82.7 Å². The molecule has 0 amide bonds. The van der Waals surface area contributed by atoms with Crippen LogP contribution in [-0.2, 0) is 71.7 Å². The Balaban J connectivity index is 0. The van der Waals surface area contributed by atoms with Gasteiger partial charge in [0.1, 0.15) is 0 Å². The Bertz CT molecular complexity index is 11.6. The van der Waals surface area contributed by atoms with E-state index in [2.05, 4.69) is 0 Å². The minimum absolute atomic E-state index is 0. The average molecular weight is 382 g/mol. The van der Waals surface area contributed by atoms with Gasteiger partial charge in [-0.25, -0.2) is 0 Å². The first-order valence-corrected chi connectivity index (χ1v) is 0. The van der Waals surface area contributed by atoms with Crippen LogP contribution in [0.4, 0.5) is 0 Å². The summed E-state index contributed by atoms with van der Waals surface area (Å²) in [5.41, 5.74) is 0. The van der Waals surface area contributed by atoms with Crippen LogP contribution in [0, 0.1) is 0 Å². The maximum absolute atomic E-state index is 0. The summed E-state index contributed by atoms with van der Waals surface area (Å²) in [4.78, 5) is 0. The van der Waals surface area contributed by atoms with Crippen molar-refractivity contribution < 1.29 is 71.7 Å². The molecule has 0 saturated carbocycles. The molecule has 0 unspecified atom stereocenters. The van der Waals surface area contributed by atoms with Gasteiger partial charge in [0.25, 0.3) is 0 Å². The zero-order chi connectivity index (χ0) is 0. The molecule has 0 rings (SSSR count). The van der Waals surface area contributed by atoms with Gasteiger partial charge >= 0.3 is 0 Å². The van der Waals surface area contributed by atoms with Gasteiger partial charge in [0.2, 0.25) is 0 Å². The zero-order valence-electron chi connectivity index (χ0n) is 1.97. The quantitative estimate of drug-likeness (QED) is 0.502.